The summed E-state index contributed by atoms with van der Waals surface area (Å²) in [5.74, 6) is -0.299. The molecular formula is C21H21ClN4O4. The molecule has 2 fully saturated rings. The van der Waals surface area contributed by atoms with Gasteiger partial charge in [-0.2, -0.15) is 0 Å². The van der Waals surface area contributed by atoms with Gasteiger partial charge < -0.3 is 29.2 Å². The molecule has 9 heteroatoms. The molecule has 2 aromatic heterocycles. The van der Waals surface area contributed by atoms with Gasteiger partial charge in [0.2, 0.25) is 0 Å². The van der Waals surface area contributed by atoms with Gasteiger partial charge in [-0.1, -0.05) is 17.7 Å². The van der Waals surface area contributed by atoms with E-state index in [0.29, 0.717) is 23.1 Å². The van der Waals surface area contributed by atoms with E-state index in [1.54, 1.807) is 0 Å². The number of anilines is 1. The van der Waals surface area contributed by atoms with Crippen molar-refractivity contribution in [3.05, 3.63) is 52.9 Å². The van der Waals surface area contributed by atoms with Crippen molar-refractivity contribution in [3.8, 4) is 0 Å². The fourth-order valence-electron chi connectivity index (χ4n) is 4.79. The van der Waals surface area contributed by atoms with Gasteiger partial charge in [0.1, 0.15) is 42.2 Å². The maximum absolute atomic E-state index is 6.54. The van der Waals surface area contributed by atoms with Crippen LogP contribution in [0.4, 0.5) is 5.82 Å². The Morgan fingerprint density at radius 3 is 2.83 bits per heavy atom. The van der Waals surface area contributed by atoms with E-state index in [9.17, 15) is 0 Å². The third kappa shape index (κ3) is 2.68. The van der Waals surface area contributed by atoms with Gasteiger partial charge >= 0.3 is 0 Å². The van der Waals surface area contributed by atoms with E-state index >= 15 is 0 Å². The third-order valence-corrected chi connectivity index (χ3v) is 6.24. The number of hydrogen-bond acceptors (Lipinski definition) is 7. The van der Waals surface area contributed by atoms with E-state index in [-0.39, 0.29) is 24.4 Å². The molecule has 3 aliphatic heterocycles. The molecule has 0 aliphatic carbocycles. The van der Waals surface area contributed by atoms with Crippen molar-refractivity contribution in [2.45, 2.75) is 56.9 Å². The number of nitrogens with zero attached hydrogens (tertiary/aromatic N) is 3. The summed E-state index contributed by atoms with van der Waals surface area (Å²) < 4.78 is 27.2. The van der Waals surface area contributed by atoms with Crippen molar-refractivity contribution in [1.29, 1.82) is 0 Å². The Morgan fingerprint density at radius 2 is 1.97 bits per heavy atom. The van der Waals surface area contributed by atoms with E-state index in [1.165, 1.54) is 6.33 Å². The summed E-state index contributed by atoms with van der Waals surface area (Å²) >= 11 is 6.16. The van der Waals surface area contributed by atoms with Crippen molar-refractivity contribution >= 4 is 28.5 Å². The van der Waals surface area contributed by atoms with Crippen LogP contribution >= 0.6 is 11.6 Å². The normalized spacial score (nSPS) is 31.9. The van der Waals surface area contributed by atoms with E-state index in [0.717, 1.165) is 16.5 Å². The van der Waals surface area contributed by atoms with E-state index < -0.39 is 12.0 Å². The zero-order valence-corrected chi connectivity index (χ0v) is 17.2. The Hall–Kier alpha value is -2.23. The third-order valence-electron chi connectivity index (χ3n) is 6.01. The molecule has 30 heavy (non-hydrogen) atoms. The molecular weight excluding hydrogens is 408 g/mol. The number of fused-ring (bicyclic) bond motifs is 3. The monoisotopic (exact) mass is 428 g/mol. The summed E-state index contributed by atoms with van der Waals surface area (Å²) in [7, 11) is 0. The molecule has 5 atom stereocenters. The summed E-state index contributed by atoms with van der Waals surface area (Å²) in [4.78, 5) is 8.49. The average Bonchev–Trinajstić information content (AvgIpc) is 3.43. The van der Waals surface area contributed by atoms with Crippen LogP contribution in [0.15, 0.2) is 36.8 Å². The fraction of sp³-hybridized carbons (Fsp3) is 0.429. The quantitative estimate of drug-likeness (QED) is 0.668. The Bertz CT molecular complexity index is 1150. The van der Waals surface area contributed by atoms with Crippen molar-refractivity contribution in [1.82, 2.24) is 14.5 Å². The maximum atomic E-state index is 6.54. The highest BCUT2D eigenvalue weighted by Crippen LogP contribution is 2.49. The molecule has 156 valence electrons. The van der Waals surface area contributed by atoms with Crippen LogP contribution in [0.2, 0.25) is 5.02 Å². The minimum Gasteiger partial charge on any atom is -0.383 e. The highest BCUT2D eigenvalue weighted by atomic mass is 35.5. The first-order valence-electron chi connectivity index (χ1n) is 9.89. The molecule has 3 aliphatic rings. The first kappa shape index (κ1) is 18.5. The molecule has 0 radical (unpaired) electrons. The second kappa shape index (κ2) is 6.38. The van der Waals surface area contributed by atoms with E-state index in [1.807, 2.05) is 48.9 Å². The first-order valence-corrected chi connectivity index (χ1v) is 10.3. The molecule has 1 unspecified atom stereocenters. The minimum absolute atomic E-state index is 0.270. The van der Waals surface area contributed by atoms with Gasteiger partial charge in [-0.05, 0) is 43.2 Å². The summed E-state index contributed by atoms with van der Waals surface area (Å²) in [6, 6.07) is 7.71. The minimum atomic E-state index is -0.728. The van der Waals surface area contributed by atoms with Crippen LogP contribution in [0.1, 0.15) is 37.3 Å². The van der Waals surface area contributed by atoms with Gasteiger partial charge in [0, 0.05) is 11.2 Å². The van der Waals surface area contributed by atoms with Crippen molar-refractivity contribution in [2.24, 2.45) is 0 Å². The highest BCUT2D eigenvalue weighted by Gasteiger charge is 2.59. The van der Waals surface area contributed by atoms with E-state index in [4.69, 9.17) is 36.3 Å². The molecule has 5 heterocycles. The topological polar surface area (TPSA) is 93.7 Å². The fourth-order valence-corrected chi connectivity index (χ4v) is 4.98. The maximum Gasteiger partial charge on any atom is 0.164 e. The van der Waals surface area contributed by atoms with Crippen molar-refractivity contribution in [2.75, 3.05) is 5.73 Å². The number of ether oxygens (including phenoxy) is 4. The molecule has 2 saturated heterocycles. The molecule has 0 amide bonds. The number of nitrogens with two attached hydrogens (primary N) is 1. The van der Waals surface area contributed by atoms with Crippen LogP contribution < -0.4 is 5.73 Å². The second-order valence-corrected chi connectivity index (χ2v) is 8.79. The molecule has 3 aromatic rings. The van der Waals surface area contributed by atoms with Crippen LogP contribution in [-0.4, -0.2) is 38.6 Å². The molecule has 0 bridgehead atoms. The average molecular weight is 429 g/mol. The zero-order valence-electron chi connectivity index (χ0n) is 16.5. The largest absolute Gasteiger partial charge is 0.383 e. The Labute approximate surface area is 177 Å². The predicted molar refractivity (Wildman–Crippen MR) is 109 cm³/mol. The van der Waals surface area contributed by atoms with Crippen LogP contribution in [0.25, 0.3) is 11.0 Å². The number of rotatable bonds is 2. The van der Waals surface area contributed by atoms with Crippen molar-refractivity contribution in [3.63, 3.8) is 0 Å². The van der Waals surface area contributed by atoms with Crippen LogP contribution in [-0.2, 0) is 25.6 Å². The second-order valence-electron chi connectivity index (χ2n) is 8.35. The van der Waals surface area contributed by atoms with Gasteiger partial charge in [0.05, 0.1) is 12.0 Å². The standard InChI is InChI=1S/C21H21ClN4O4/c1-21(2)29-16-15(14-12-4-3-11(22)7-10(12)8-27-14)28-20(17(16)30-21)26-6-5-13-18(23)24-9-25-19(13)26/h3-7,9,14-17,20H,8H2,1-2H3,(H2,23,24,25)/t14-,15+,16+,17+,20?/m0/s1. The lowest BCUT2D eigenvalue weighted by atomic mass is 9.97. The number of aromatic nitrogens is 3. The first-order chi connectivity index (χ1) is 14.4. The van der Waals surface area contributed by atoms with E-state index in [2.05, 4.69) is 9.97 Å². The lowest BCUT2D eigenvalue weighted by molar-refractivity contribution is -0.210. The Morgan fingerprint density at radius 1 is 1.13 bits per heavy atom. The molecule has 0 spiro atoms. The SMILES string of the molecule is CC1(C)O[C@@H]2[C@@H]([C@H]3OCc4cc(Cl)ccc43)OC(n3ccc4c(N)ncnc43)[C@@H]2O1. The van der Waals surface area contributed by atoms with Crippen LogP contribution in [0.3, 0.4) is 0 Å². The van der Waals surface area contributed by atoms with Crippen LogP contribution in [0, 0.1) is 0 Å². The van der Waals surface area contributed by atoms with Crippen molar-refractivity contribution < 1.29 is 18.9 Å². The number of hydrogen-bond donors (Lipinski definition) is 1. The summed E-state index contributed by atoms with van der Waals surface area (Å²) in [6.07, 6.45) is 1.68. The smallest absolute Gasteiger partial charge is 0.164 e. The predicted octanol–water partition coefficient (Wildman–Crippen LogP) is 3.36. The Balaban J connectivity index is 1.41. The molecule has 8 nitrogen and oxygen atoms in total. The molecule has 0 saturated carbocycles. The number of benzene rings is 1. The van der Waals surface area contributed by atoms with Crippen LogP contribution in [0.5, 0.6) is 0 Å². The molecule has 2 N–H and O–H groups in total. The van der Waals surface area contributed by atoms with Gasteiger partial charge in [-0.25, -0.2) is 9.97 Å². The van der Waals surface area contributed by atoms with Gasteiger partial charge in [-0.15, -0.1) is 0 Å². The van der Waals surface area contributed by atoms with Gasteiger partial charge in [-0.3, -0.25) is 0 Å². The lowest BCUT2D eigenvalue weighted by Crippen LogP contribution is -2.34. The highest BCUT2D eigenvalue weighted by molar-refractivity contribution is 6.30. The molecule has 1 aromatic carbocycles. The Kier molecular flexibility index (Phi) is 3.94. The zero-order chi connectivity index (χ0) is 20.6. The summed E-state index contributed by atoms with van der Waals surface area (Å²) in [6.45, 7) is 4.32. The van der Waals surface area contributed by atoms with Gasteiger partial charge in [0.25, 0.3) is 0 Å². The summed E-state index contributed by atoms with van der Waals surface area (Å²) in [5.41, 5.74) is 8.85. The van der Waals surface area contributed by atoms with Gasteiger partial charge in [0.15, 0.2) is 12.0 Å². The summed E-state index contributed by atoms with van der Waals surface area (Å²) in [5, 5.41) is 1.47. The lowest BCUT2D eigenvalue weighted by Gasteiger charge is -2.27. The number of halogens is 1. The molecule has 6 rings (SSSR count). The number of nitrogen functional groups attached to an aromatic ring is 1.